The molecule has 0 spiro atoms. The molecular formula is C27H24IrN2O4. The normalized spacial score (nSPS) is 9.09. The van der Waals surface area contributed by atoms with Crippen LogP contribution in [-0.4, -0.2) is 32.6 Å². The van der Waals surface area contributed by atoms with Crippen LogP contribution in [0.4, 0.5) is 0 Å². The van der Waals surface area contributed by atoms with E-state index in [4.69, 9.17) is 5.11 Å². The predicted octanol–water partition coefficient (Wildman–Crippen LogP) is 5.11. The molecule has 175 valence electrons. The van der Waals surface area contributed by atoms with E-state index in [-0.39, 0.29) is 20.1 Å². The quantitative estimate of drug-likeness (QED) is 0.243. The number of hydrogen-bond donors (Lipinski definition) is 1. The van der Waals surface area contributed by atoms with Crippen LogP contribution in [0.15, 0.2) is 109 Å². The zero-order valence-electron chi connectivity index (χ0n) is 18.5. The summed E-state index contributed by atoms with van der Waals surface area (Å²) in [6.07, 6.45) is 3.11. The van der Waals surface area contributed by atoms with E-state index in [0.717, 1.165) is 22.5 Å². The summed E-state index contributed by atoms with van der Waals surface area (Å²) in [4.78, 5) is 38.4. The van der Waals surface area contributed by atoms with Crippen LogP contribution in [0.5, 0.6) is 0 Å². The van der Waals surface area contributed by atoms with Gasteiger partial charge in [-0.1, -0.05) is 72.8 Å². The number of rotatable bonds is 5. The average Bonchev–Trinajstić information content (AvgIpc) is 2.86. The number of hydrogen-bond acceptors (Lipinski definition) is 5. The molecule has 0 atom stereocenters. The van der Waals surface area contributed by atoms with Gasteiger partial charge in [0.15, 0.2) is 0 Å². The van der Waals surface area contributed by atoms with E-state index in [9.17, 15) is 14.4 Å². The van der Waals surface area contributed by atoms with Crippen molar-refractivity contribution in [3.8, 4) is 22.5 Å². The van der Waals surface area contributed by atoms with E-state index in [1.807, 2.05) is 85.2 Å². The molecule has 4 aromatic rings. The van der Waals surface area contributed by atoms with Crippen LogP contribution >= 0.6 is 0 Å². The van der Waals surface area contributed by atoms with Crippen LogP contribution in [-0.2, 0) is 34.5 Å². The van der Waals surface area contributed by atoms with Crippen molar-refractivity contribution in [1.82, 2.24) is 9.97 Å². The first kappa shape index (κ1) is 28.2. The predicted molar refractivity (Wildman–Crippen MR) is 127 cm³/mol. The minimum atomic E-state index is -1.55. The second-order valence-electron chi connectivity index (χ2n) is 6.77. The Bertz CT molecular complexity index is 990. The van der Waals surface area contributed by atoms with Crippen molar-refractivity contribution < 1.29 is 39.6 Å². The smallest absolute Gasteiger partial charge is 0.372 e. The topological polar surface area (TPSA) is 97.2 Å². The fourth-order valence-electron chi connectivity index (χ4n) is 2.59. The van der Waals surface area contributed by atoms with Gasteiger partial charge in [-0.3, -0.25) is 19.6 Å². The molecular weight excluding hydrogens is 609 g/mol. The van der Waals surface area contributed by atoms with Crippen LogP contribution in [0.3, 0.4) is 0 Å². The van der Waals surface area contributed by atoms with Crippen LogP contribution in [0, 0.1) is 0 Å². The second-order valence-corrected chi connectivity index (χ2v) is 6.77. The van der Waals surface area contributed by atoms with Crippen LogP contribution in [0.1, 0.15) is 13.3 Å². The number of carbonyl (C=O) groups excluding carboxylic acids is 2. The third-order valence-corrected chi connectivity index (χ3v) is 4.12. The maximum Gasteiger partial charge on any atom is 0.372 e. The van der Waals surface area contributed by atoms with Crippen LogP contribution < -0.4 is 0 Å². The molecule has 0 fully saturated rings. The third kappa shape index (κ3) is 10.7. The Kier molecular flexibility index (Phi) is 13.2. The standard InChI is InChI=1S/2C11H9N.C5H6O4.Ir/c2*1-2-6-10(7-3-1)11-8-4-5-9-12-11;1-3(6)2-4(7)5(8)9;/h2*1-9H;2H2,1H3,(H,8,9);. The molecule has 0 aliphatic heterocycles. The summed E-state index contributed by atoms with van der Waals surface area (Å²) in [7, 11) is 0. The number of carboxylic acids is 1. The van der Waals surface area contributed by atoms with Gasteiger partial charge in [0, 0.05) is 43.6 Å². The van der Waals surface area contributed by atoms with Gasteiger partial charge in [0.2, 0.25) is 5.78 Å². The van der Waals surface area contributed by atoms with E-state index in [0.29, 0.717) is 0 Å². The Morgan fingerprint density at radius 3 is 1.29 bits per heavy atom. The van der Waals surface area contributed by atoms with Gasteiger partial charge in [-0.15, -0.1) is 0 Å². The summed E-state index contributed by atoms with van der Waals surface area (Å²) in [5.74, 6) is -3.03. The zero-order chi connectivity index (χ0) is 23.9. The number of aromatic nitrogens is 2. The molecule has 1 radical (unpaired) electrons. The van der Waals surface area contributed by atoms with Gasteiger partial charge >= 0.3 is 5.97 Å². The molecule has 0 saturated heterocycles. The molecule has 0 amide bonds. The van der Waals surface area contributed by atoms with Crippen molar-refractivity contribution in [3.63, 3.8) is 0 Å². The fourth-order valence-corrected chi connectivity index (χ4v) is 2.59. The van der Waals surface area contributed by atoms with Crippen molar-refractivity contribution >= 4 is 17.5 Å². The number of nitrogens with zero attached hydrogens (tertiary/aromatic N) is 2. The van der Waals surface area contributed by atoms with E-state index in [1.165, 1.54) is 6.92 Å². The molecule has 4 rings (SSSR count). The molecule has 0 bridgehead atoms. The SMILES string of the molecule is CC(=O)CC(=O)C(=O)O.[Ir].c1ccc(-c2ccccn2)cc1.c1ccc(-c2ccccn2)cc1. The van der Waals surface area contributed by atoms with Crippen molar-refractivity contribution in [2.75, 3.05) is 0 Å². The zero-order valence-corrected chi connectivity index (χ0v) is 20.9. The molecule has 6 nitrogen and oxygen atoms in total. The fraction of sp³-hybridized carbons (Fsp3) is 0.0741. The van der Waals surface area contributed by atoms with Gasteiger partial charge in [-0.05, 0) is 31.2 Å². The minimum Gasteiger partial charge on any atom is -0.475 e. The Labute approximate surface area is 212 Å². The van der Waals surface area contributed by atoms with Crippen molar-refractivity contribution in [2.24, 2.45) is 0 Å². The molecule has 1 N–H and O–H groups in total. The number of carbonyl (C=O) groups is 3. The first-order chi connectivity index (χ1) is 16.0. The Morgan fingerprint density at radius 1 is 0.647 bits per heavy atom. The monoisotopic (exact) mass is 633 g/mol. The number of Topliss-reactive ketones (excluding diaryl/α,β-unsaturated/α-hetero) is 2. The maximum absolute atomic E-state index is 10.1. The molecule has 34 heavy (non-hydrogen) atoms. The first-order valence-electron chi connectivity index (χ1n) is 10.2. The molecule has 0 unspecified atom stereocenters. The van der Waals surface area contributed by atoms with Crippen molar-refractivity contribution in [2.45, 2.75) is 13.3 Å². The second kappa shape index (κ2) is 15.9. The minimum absolute atomic E-state index is 0. The number of carboxylic acid groups (broad SMARTS) is 1. The first-order valence-corrected chi connectivity index (χ1v) is 10.2. The van der Waals surface area contributed by atoms with Crippen molar-refractivity contribution in [3.05, 3.63) is 109 Å². The molecule has 2 aromatic heterocycles. The Balaban J connectivity index is 0.000000255. The molecule has 7 heteroatoms. The number of pyridine rings is 2. The summed E-state index contributed by atoms with van der Waals surface area (Å²) in [5.41, 5.74) is 4.38. The van der Waals surface area contributed by atoms with Crippen LogP contribution in [0.2, 0.25) is 0 Å². The summed E-state index contributed by atoms with van der Waals surface area (Å²) < 4.78 is 0. The van der Waals surface area contributed by atoms with E-state index < -0.39 is 24.0 Å². The number of ketones is 2. The summed E-state index contributed by atoms with van der Waals surface area (Å²) in [6, 6.07) is 32.2. The van der Waals surface area contributed by atoms with Gasteiger partial charge in [-0.25, -0.2) is 4.79 Å². The number of aliphatic carboxylic acids is 1. The van der Waals surface area contributed by atoms with Gasteiger partial charge < -0.3 is 5.11 Å². The van der Waals surface area contributed by atoms with Gasteiger partial charge in [0.05, 0.1) is 17.8 Å². The molecule has 0 aliphatic carbocycles. The summed E-state index contributed by atoms with van der Waals surface area (Å²) in [5, 5.41) is 7.93. The maximum atomic E-state index is 10.1. The largest absolute Gasteiger partial charge is 0.475 e. The third-order valence-electron chi connectivity index (χ3n) is 4.12. The molecule has 2 aromatic carbocycles. The molecule has 0 saturated carbocycles. The summed E-state index contributed by atoms with van der Waals surface area (Å²) in [6.45, 7) is 1.17. The van der Waals surface area contributed by atoms with Gasteiger partial charge in [-0.2, -0.15) is 0 Å². The van der Waals surface area contributed by atoms with E-state index >= 15 is 0 Å². The van der Waals surface area contributed by atoms with Crippen LogP contribution in [0.25, 0.3) is 22.5 Å². The van der Waals surface area contributed by atoms with Gasteiger partial charge in [0.1, 0.15) is 5.78 Å². The van der Waals surface area contributed by atoms with Crippen molar-refractivity contribution in [1.29, 1.82) is 0 Å². The summed E-state index contributed by atoms with van der Waals surface area (Å²) >= 11 is 0. The van der Waals surface area contributed by atoms with Gasteiger partial charge in [0.25, 0.3) is 0 Å². The van der Waals surface area contributed by atoms with E-state index in [1.54, 1.807) is 0 Å². The molecule has 0 aliphatic rings. The Morgan fingerprint density at radius 2 is 1.03 bits per heavy atom. The average molecular weight is 633 g/mol. The Hall–Kier alpha value is -3.80. The van der Waals surface area contributed by atoms with E-state index in [2.05, 4.69) is 34.2 Å². The number of benzene rings is 2. The molecule has 2 heterocycles.